The van der Waals surface area contributed by atoms with Crippen LogP contribution in [0.1, 0.15) is 11.1 Å². The van der Waals surface area contributed by atoms with E-state index in [2.05, 4.69) is 21.2 Å². The van der Waals surface area contributed by atoms with Crippen LogP contribution in [0.4, 0.5) is 5.69 Å². The van der Waals surface area contributed by atoms with Gasteiger partial charge >= 0.3 is 0 Å². The molecule has 2 aromatic carbocycles. The molecule has 0 aliphatic carbocycles. The van der Waals surface area contributed by atoms with Gasteiger partial charge in [0.15, 0.2) is 0 Å². The van der Waals surface area contributed by atoms with Gasteiger partial charge in [-0.15, -0.1) is 0 Å². The predicted octanol–water partition coefficient (Wildman–Crippen LogP) is 3.06. The van der Waals surface area contributed by atoms with Gasteiger partial charge in [-0.2, -0.15) is 0 Å². The molecule has 0 saturated carbocycles. The molecule has 6 heteroatoms. The van der Waals surface area contributed by atoms with E-state index in [1.54, 1.807) is 6.07 Å². The fraction of sp³-hybridized carbons (Fsp3) is 0.250. The molecule has 0 aromatic heterocycles. The monoisotopic (exact) mass is 380 g/mol. The summed E-state index contributed by atoms with van der Waals surface area (Å²) in [6, 6.07) is 13.0. The first-order valence-corrected chi connectivity index (χ1v) is 9.31. The van der Waals surface area contributed by atoms with E-state index in [1.807, 2.05) is 43.3 Å². The average molecular weight is 381 g/mol. The smallest absolute Gasteiger partial charge is 0.264 e. The van der Waals surface area contributed by atoms with E-state index in [1.165, 1.54) is 4.31 Å². The summed E-state index contributed by atoms with van der Waals surface area (Å²) in [7, 11) is -3.59. The van der Waals surface area contributed by atoms with Crippen LogP contribution in [-0.2, 0) is 16.6 Å². The molecule has 2 aromatic rings. The molecule has 3 rings (SSSR count). The van der Waals surface area contributed by atoms with Crippen molar-refractivity contribution >= 4 is 31.6 Å². The number of halogens is 1. The Kier molecular flexibility index (Phi) is 4.25. The molecular weight excluding hydrogens is 364 g/mol. The molecule has 0 radical (unpaired) electrons. The minimum atomic E-state index is -3.59. The minimum Gasteiger partial charge on any atom is -0.311 e. The number of rotatable bonds is 2. The Morgan fingerprint density at radius 1 is 1.18 bits per heavy atom. The summed E-state index contributed by atoms with van der Waals surface area (Å²) in [5.74, 6) is 0. The third kappa shape index (κ3) is 2.78. The second-order valence-electron chi connectivity index (χ2n) is 5.29. The first-order chi connectivity index (χ1) is 10.5. The fourth-order valence-corrected chi connectivity index (χ4v) is 4.92. The largest absolute Gasteiger partial charge is 0.311 e. The Bertz CT molecular complexity index is 806. The van der Waals surface area contributed by atoms with Crippen LogP contribution in [0.5, 0.6) is 0 Å². The molecule has 0 unspecified atom stereocenters. The van der Waals surface area contributed by atoms with Crippen molar-refractivity contribution in [3.8, 4) is 0 Å². The number of nitrogens with one attached hydrogen (secondary N) is 1. The number of hydrogen-bond donors (Lipinski definition) is 1. The van der Waals surface area contributed by atoms with Crippen LogP contribution in [0, 0.1) is 6.92 Å². The van der Waals surface area contributed by atoms with Gasteiger partial charge in [-0.05, 0) is 36.2 Å². The number of aryl methyl sites for hydroxylation is 1. The molecule has 116 valence electrons. The topological polar surface area (TPSA) is 49.4 Å². The number of nitrogens with zero attached hydrogens (tertiary/aromatic N) is 1. The number of para-hydroxylation sites is 1. The van der Waals surface area contributed by atoms with Crippen molar-refractivity contribution in [2.45, 2.75) is 18.4 Å². The maximum absolute atomic E-state index is 13.2. The summed E-state index contributed by atoms with van der Waals surface area (Å²) in [6.45, 7) is 3.55. The summed E-state index contributed by atoms with van der Waals surface area (Å²) >= 11 is 3.36. The van der Waals surface area contributed by atoms with Crippen molar-refractivity contribution < 1.29 is 8.42 Å². The summed E-state index contributed by atoms with van der Waals surface area (Å²) in [5.41, 5.74) is 2.50. The highest BCUT2D eigenvalue weighted by Gasteiger charge is 2.29. The third-order valence-corrected chi connectivity index (χ3v) is 6.23. The Hall–Kier alpha value is -1.37. The molecular formula is C16H17BrN2O2S. The number of sulfonamides is 1. The van der Waals surface area contributed by atoms with E-state index >= 15 is 0 Å². The van der Waals surface area contributed by atoms with Gasteiger partial charge in [-0.25, -0.2) is 8.42 Å². The third-order valence-electron chi connectivity index (χ3n) is 3.79. The number of fused-ring (bicyclic) bond motifs is 1. The van der Waals surface area contributed by atoms with Crippen molar-refractivity contribution in [3.63, 3.8) is 0 Å². The molecule has 1 aliphatic heterocycles. The van der Waals surface area contributed by atoms with Crippen molar-refractivity contribution in [2.75, 3.05) is 17.4 Å². The summed E-state index contributed by atoms with van der Waals surface area (Å²) in [5, 5.41) is 3.27. The molecule has 1 aliphatic rings. The van der Waals surface area contributed by atoms with Crippen LogP contribution < -0.4 is 9.62 Å². The second-order valence-corrected chi connectivity index (χ2v) is 8.04. The number of benzene rings is 2. The van der Waals surface area contributed by atoms with E-state index in [9.17, 15) is 8.42 Å². The van der Waals surface area contributed by atoms with Crippen molar-refractivity contribution in [2.24, 2.45) is 0 Å². The molecule has 0 fully saturated rings. The minimum absolute atomic E-state index is 0.346. The molecule has 0 spiro atoms. The van der Waals surface area contributed by atoms with Crippen LogP contribution in [0.2, 0.25) is 0 Å². The fourth-order valence-electron chi connectivity index (χ4n) is 2.65. The van der Waals surface area contributed by atoms with E-state index in [-0.39, 0.29) is 0 Å². The maximum atomic E-state index is 13.2. The van der Waals surface area contributed by atoms with E-state index in [0.717, 1.165) is 21.3 Å². The average Bonchev–Trinajstić information content (AvgIpc) is 2.72. The van der Waals surface area contributed by atoms with Crippen LogP contribution in [0.3, 0.4) is 0 Å². The SMILES string of the molecule is Cc1ccc(Br)cc1S(=O)(=O)N1CCNCc2ccccc21. The maximum Gasteiger partial charge on any atom is 0.264 e. The normalized spacial score (nSPS) is 15.3. The Balaban J connectivity index is 2.15. The zero-order valence-electron chi connectivity index (χ0n) is 12.2. The van der Waals surface area contributed by atoms with Crippen LogP contribution >= 0.6 is 15.9 Å². The quantitative estimate of drug-likeness (QED) is 0.870. The van der Waals surface area contributed by atoms with Crippen LogP contribution in [0.15, 0.2) is 51.8 Å². The van der Waals surface area contributed by atoms with Gasteiger partial charge in [-0.3, -0.25) is 4.31 Å². The Morgan fingerprint density at radius 2 is 1.95 bits per heavy atom. The predicted molar refractivity (Wildman–Crippen MR) is 91.6 cm³/mol. The highest BCUT2D eigenvalue weighted by Crippen LogP contribution is 2.30. The Morgan fingerprint density at radius 3 is 2.77 bits per heavy atom. The molecule has 0 atom stereocenters. The van der Waals surface area contributed by atoms with Gasteiger partial charge in [-0.1, -0.05) is 40.2 Å². The lowest BCUT2D eigenvalue weighted by molar-refractivity contribution is 0.589. The summed E-state index contributed by atoms with van der Waals surface area (Å²) < 4.78 is 28.6. The highest BCUT2D eigenvalue weighted by atomic mass is 79.9. The first kappa shape index (κ1) is 15.5. The molecule has 1 heterocycles. The van der Waals surface area contributed by atoms with Crippen molar-refractivity contribution in [1.82, 2.24) is 5.32 Å². The lowest BCUT2D eigenvalue weighted by atomic mass is 10.2. The van der Waals surface area contributed by atoms with Gasteiger partial charge in [0.2, 0.25) is 0 Å². The molecule has 4 nitrogen and oxygen atoms in total. The van der Waals surface area contributed by atoms with Gasteiger partial charge in [0.1, 0.15) is 0 Å². The molecule has 0 bridgehead atoms. The summed E-state index contributed by atoms with van der Waals surface area (Å²) in [4.78, 5) is 0.346. The van der Waals surface area contributed by atoms with E-state index < -0.39 is 10.0 Å². The van der Waals surface area contributed by atoms with Gasteiger partial charge < -0.3 is 5.32 Å². The summed E-state index contributed by atoms with van der Waals surface area (Å²) in [6.07, 6.45) is 0. The van der Waals surface area contributed by atoms with Crippen LogP contribution in [-0.4, -0.2) is 21.5 Å². The van der Waals surface area contributed by atoms with Crippen molar-refractivity contribution in [3.05, 3.63) is 58.1 Å². The molecule has 0 saturated heterocycles. The molecule has 22 heavy (non-hydrogen) atoms. The Labute approximate surface area is 139 Å². The lowest BCUT2D eigenvalue weighted by Gasteiger charge is -2.25. The standard InChI is InChI=1S/C16H17BrN2O2S/c1-12-6-7-14(17)10-16(12)22(20,21)19-9-8-18-11-13-4-2-3-5-15(13)19/h2-7,10,18H,8-9,11H2,1H3. The number of hydrogen-bond acceptors (Lipinski definition) is 3. The van der Waals surface area contributed by atoms with Crippen molar-refractivity contribution in [1.29, 1.82) is 0 Å². The first-order valence-electron chi connectivity index (χ1n) is 7.07. The zero-order valence-corrected chi connectivity index (χ0v) is 14.6. The lowest BCUT2D eigenvalue weighted by Crippen LogP contribution is -2.35. The van der Waals surface area contributed by atoms with Crippen LogP contribution in [0.25, 0.3) is 0 Å². The van der Waals surface area contributed by atoms with Gasteiger partial charge in [0, 0.05) is 24.1 Å². The van der Waals surface area contributed by atoms with E-state index in [4.69, 9.17) is 0 Å². The molecule has 0 amide bonds. The van der Waals surface area contributed by atoms with Gasteiger partial charge in [0.25, 0.3) is 10.0 Å². The second kappa shape index (κ2) is 6.02. The highest BCUT2D eigenvalue weighted by molar-refractivity contribution is 9.10. The molecule has 1 N–H and O–H groups in total. The van der Waals surface area contributed by atoms with Gasteiger partial charge in [0.05, 0.1) is 10.6 Å². The number of anilines is 1. The zero-order chi connectivity index (χ0) is 15.7. The van der Waals surface area contributed by atoms with E-state index in [0.29, 0.717) is 24.5 Å².